The van der Waals surface area contributed by atoms with Gasteiger partial charge in [0.1, 0.15) is 5.76 Å². The van der Waals surface area contributed by atoms with Crippen LogP contribution in [0.15, 0.2) is 16.7 Å². The first-order chi connectivity index (χ1) is 6.38. The average Bonchev–Trinajstić information content (AvgIpc) is 2.54. The number of aryl methyl sites for hydroxylation is 1. The molecule has 0 aliphatic heterocycles. The van der Waals surface area contributed by atoms with Crippen LogP contribution >= 0.6 is 0 Å². The molecule has 0 aromatic carbocycles. The highest BCUT2D eigenvalue weighted by molar-refractivity contribution is 5.15. The van der Waals surface area contributed by atoms with Gasteiger partial charge < -0.3 is 14.9 Å². The molecule has 1 rings (SSSR count). The van der Waals surface area contributed by atoms with Gasteiger partial charge in [0.2, 0.25) is 0 Å². The summed E-state index contributed by atoms with van der Waals surface area (Å²) in [6, 6.07) is 1.96. The highest BCUT2D eigenvalue weighted by Gasteiger charge is 2.04. The van der Waals surface area contributed by atoms with Gasteiger partial charge in [0.25, 0.3) is 0 Å². The number of hydrogen-bond donors (Lipinski definition) is 1. The highest BCUT2D eigenvalue weighted by Crippen LogP contribution is 2.14. The summed E-state index contributed by atoms with van der Waals surface area (Å²) in [5.41, 5.74) is 6.56. The summed E-state index contributed by atoms with van der Waals surface area (Å²) in [6.45, 7) is 1.38. The van der Waals surface area contributed by atoms with E-state index in [0.717, 1.165) is 37.1 Å². The van der Waals surface area contributed by atoms with E-state index in [1.165, 1.54) is 0 Å². The largest absolute Gasteiger partial charge is 0.469 e. The second-order valence-corrected chi connectivity index (χ2v) is 3.05. The molecule has 0 atom stereocenters. The minimum atomic E-state index is 0.633. The SMILES string of the molecule is COCc1ccoc1CCCCN. The number of methoxy groups -OCH3 is 1. The third kappa shape index (κ3) is 3.20. The first-order valence-electron chi connectivity index (χ1n) is 4.62. The number of nitrogens with two attached hydrogens (primary N) is 1. The highest BCUT2D eigenvalue weighted by atomic mass is 16.5. The van der Waals surface area contributed by atoms with Crippen molar-refractivity contribution in [2.75, 3.05) is 13.7 Å². The fraction of sp³-hybridized carbons (Fsp3) is 0.600. The monoisotopic (exact) mass is 183 g/mol. The molecule has 0 amide bonds. The van der Waals surface area contributed by atoms with Gasteiger partial charge in [0.15, 0.2) is 0 Å². The molecule has 0 bridgehead atoms. The molecule has 2 N–H and O–H groups in total. The van der Waals surface area contributed by atoms with Crippen molar-refractivity contribution in [1.82, 2.24) is 0 Å². The molecule has 0 radical (unpaired) electrons. The van der Waals surface area contributed by atoms with Crippen molar-refractivity contribution in [3.05, 3.63) is 23.7 Å². The zero-order valence-corrected chi connectivity index (χ0v) is 8.08. The number of ether oxygens (including phenoxy) is 1. The molecular formula is C10H17NO2. The Kier molecular flexibility index (Phi) is 4.57. The third-order valence-corrected chi connectivity index (χ3v) is 2.00. The van der Waals surface area contributed by atoms with Gasteiger partial charge in [0, 0.05) is 19.1 Å². The van der Waals surface area contributed by atoms with E-state index < -0.39 is 0 Å². The number of hydrogen-bond acceptors (Lipinski definition) is 3. The summed E-state index contributed by atoms with van der Waals surface area (Å²) in [5.74, 6) is 1.04. The molecule has 1 aromatic rings. The van der Waals surface area contributed by atoms with E-state index in [9.17, 15) is 0 Å². The molecule has 0 aliphatic carbocycles. The lowest BCUT2D eigenvalue weighted by Crippen LogP contribution is -1.99. The second-order valence-electron chi connectivity index (χ2n) is 3.05. The quantitative estimate of drug-likeness (QED) is 0.683. The van der Waals surface area contributed by atoms with Gasteiger partial charge >= 0.3 is 0 Å². The molecule has 74 valence electrons. The van der Waals surface area contributed by atoms with Crippen LogP contribution < -0.4 is 5.73 Å². The van der Waals surface area contributed by atoms with Crippen LogP contribution in [0.3, 0.4) is 0 Å². The van der Waals surface area contributed by atoms with Crippen LogP contribution in [0, 0.1) is 0 Å². The first kappa shape index (κ1) is 10.3. The maximum Gasteiger partial charge on any atom is 0.109 e. The Hall–Kier alpha value is -0.800. The Morgan fingerprint density at radius 1 is 1.46 bits per heavy atom. The molecule has 0 unspecified atom stereocenters. The molecule has 0 saturated heterocycles. The van der Waals surface area contributed by atoms with Crippen LogP contribution in [-0.4, -0.2) is 13.7 Å². The molecule has 3 nitrogen and oxygen atoms in total. The van der Waals surface area contributed by atoms with Gasteiger partial charge in [-0.05, 0) is 25.5 Å². The minimum absolute atomic E-state index is 0.633. The zero-order chi connectivity index (χ0) is 9.52. The van der Waals surface area contributed by atoms with E-state index in [2.05, 4.69) is 0 Å². The molecule has 1 aromatic heterocycles. The van der Waals surface area contributed by atoms with Gasteiger partial charge in [-0.3, -0.25) is 0 Å². The van der Waals surface area contributed by atoms with Crippen LogP contribution in [0.1, 0.15) is 24.2 Å². The third-order valence-electron chi connectivity index (χ3n) is 2.00. The van der Waals surface area contributed by atoms with Crippen molar-refractivity contribution >= 4 is 0 Å². The van der Waals surface area contributed by atoms with Crippen LogP contribution in [-0.2, 0) is 17.8 Å². The summed E-state index contributed by atoms with van der Waals surface area (Å²) >= 11 is 0. The van der Waals surface area contributed by atoms with Crippen molar-refractivity contribution in [1.29, 1.82) is 0 Å². The second kappa shape index (κ2) is 5.78. The summed E-state index contributed by atoms with van der Waals surface area (Å²) in [6.07, 6.45) is 4.81. The average molecular weight is 183 g/mol. The van der Waals surface area contributed by atoms with Crippen molar-refractivity contribution in [3.8, 4) is 0 Å². The smallest absolute Gasteiger partial charge is 0.109 e. The van der Waals surface area contributed by atoms with E-state index in [1.807, 2.05) is 6.07 Å². The van der Waals surface area contributed by atoms with Crippen LogP contribution in [0.4, 0.5) is 0 Å². The normalized spacial score (nSPS) is 10.6. The molecule has 0 aliphatic rings. The lowest BCUT2D eigenvalue weighted by molar-refractivity contribution is 0.183. The molecule has 0 fully saturated rings. The van der Waals surface area contributed by atoms with E-state index in [-0.39, 0.29) is 0 Å². The van der Waals surface area contributed by atoms with E-state index >= 15 is 0 Å². The zero-order valence-electron chi connectivity index (χ0n) is 8.08. The van der Waals surface area contributed by atoms with Gasteiger partial charge in [-0.1, -0.05) is 0 Å². The van der Waals surface area contributed by atoms with Crippen LogP contribution in [0.25, 0.3) is 0 Å². The van der Waals surface area contributed by atoms with Gasteiger partial charge in [-0.2, -0.15) is 0 Å². The fourth-order valence-corrected chi connectivity index (χ4v) is 1.30. The van der Waals surface area contributed by atoms with E-state index in [1.54, 1.807) is 13.4 Å². The Labute approximate surface area is 78.9 Å². The van der Waals surface area contributed by atoms with Gasteiger partial charge in [-0.25, -0.2) is 0 Å². The maximum absolute atomic E-state index is 5.41. The Morgan fingerprint density at radius 2 is 2.31 bits per heavy atom. The predicted molar refractivity (Wildman–Crippen MR) is 51.4 cm³/mol. The molecular weight excluding hydrogens is 166 g/mol. The summed E-state index contributed by atoms with van der Waals surface area (Å²) in [5, 5.41) is 0. The number of furan rings is 1. The van der Waals surface area contributed by atoms with Gasteiger partial charge in [0.05, 0.1) is 12.9 Å². The molecule has 0 spiro atoms. The topological polar surface area (TPSA) is 48.4 Å². The Bertz CT molecular complexity index is 233. The van der Waals surface area contributed by atoms with Crippen LogP contribution in [0.2, 0.25) is 0 Å². The molecule has 3 heteroatoms. The lowest BCUT2D eigenvalue weighted by Gasteiger charge is -2.00. The lowest BCUT2D eigenvalue weighted by atomic mass is 10.1. The molecule has 13 heavy (non-hydrogen) atoms. The fourth-order valence-electron chi connectivity index (χ4n) is 1.30. The van der Waals surface area contributed by atoms with Crippen molar-refractivity contribution in [3.63, 3.8) is 0 Å². The van der Waals surface area contributed by atoms with Crippen molar-refractivity contribution in [2.45, 2.75) is 25.9 Å². The van der Waals surface area contributed by atoms with Crippen molar-refractivity contribution in [2.24, 2.45) is 5.73 Å². The van der Waals surface area contributed by atoms with Crippen LogP contribution in [0.5, 0.6) is 0 Å². The Morgan fingerprint density at radius 3 is 3.00 bits per heavy atom. The van der Waals surface area contributed by atoms with E-state index in [0.29, 0.717) is 6.61 Å². The first-order valence-corrected chi connectivity index (χ1v) is 4.62. The van der Waals surface area contributed by atoms with E-state index in [4.69, 9.17) is 14.9 Å². The molecule has 1 heterocycles. The standard InChI is InChI=1S/C10H17NO2/c1-12-8-9-5-7-13-10(9)4-2-3-6-11/h5,7H,2-4,6,8,11H2,1H3. The minimum Gasteiger partial charge on any atom is -0.469 e. The maximum atomic E-state index is 5.41. The summed E-state index contributed by atoms with van der Waals surface area (Å²) < 4.78 is 10.4. The summed E-state index contributed by atoms with van der Waals surface area (Å²) in [4.78, 5) is 0. The van der Waals surface area contributed by atoms with Gasteiger partial charge in [-0.15, -0.1) is 0 Å². The number of unbranched alkanes of at least 4 members (excludes halogenated alkanes) is 1. The Balaban J connectivity index is 2.40. The summed E-state index contributed by atoms with van der Waals surface area (Å²) in [7, 11) is 1.69. The number of rotatable bonds is 6. The van der Waals surface area contributed by atoms with Crippen molar-refractivity contribution < 1.29 is 9.15 Å². The predicted octanol–water partition coefficient (Wildman–Crippen LogP) is 1.71. The molecule has 0 saturated carbocycles.